The number of likely N-dealkylation sites (tertiary alicyclic amines) is 1. The Kier molecular flexibility index (Phi) is 4.71. The number of hydrogen-bond acceptors (Lipinski definition) is 3. The average molecular weight is 307 g/mol. The monoisotopic (exact) mass is 307 g/mol. The van der Waals surface area contributed by atoms with E-state index >= 15 is 0 Å². The largest absolute Gasteiger partial charge is 0.326 e. The van der Waals surface area contributed by atoms with Crippen LogP contribution in [0.5, 0.6) is 0 Å². The molecule has 0 aromatic carbocycles. The molecule has 0 radical (unpaired) electrons. The summed E-state index contributed by atoms with van der Waals surface area (Å²) in [6, 6.07) is 0.340. The maximum absolute atomic E-state index is 12.9. The minimum absolute atomic E-state index is 0.0276. The first-order valence-electron chi connectivity index (χ1n) is 9.04. The highest BCUT2D eigenvalue weighted by Crippen LogP contribution is 2.33. The maximum Gasteiger partial charge on any atom is 0.326 e. The number of nitrogens with zero attached hydrogens (tertiary/aromatic N) is 2. The fourth-order valence-corrected chi connectivity index (χ4v) is 4.37. The van der Waals surface area contributed by atoms with Gasteiger partial charge < -0.3 is 5.32 Å². The molecule has 1 atom stereocenters. The molecule has 2 heterocycles. The van der Waals surface area contributed by atoms with Crippen molar-refractivity contribution in [2.24, 2.45) is 0 Å². The molecule has 3 fully saturated rings. The van der Waals surface area contributed by atoms with Gasteiger partial charge in [0.2, 0.25) is 0 Å². The first kappa shape index (κ1) is 15.8. The zero-order chi connectivity index (χ0) is 15.6. The third kappa shape index (κ3) is 2.87. The minimum Gasteiger partial charge on any atom is -0.323 e. The second kappa shape index (κ2) is 6.57. The lowest BCUT2D eigenvalue weighted by Crippen LogP contribution is -2.50. The van der Waals surface area contributed by atoms with Crippen LogP contribution in [-0.4, -0.2) is 46.5 Å². The van der Waals surface area contributed by atoms with E-state index in [1.165, 1.54) is 37.0 Å². The molecule has 0 aromatic heterocycles. The van der Waals surface area contributed by atoms with Crippen LogP contribution in [-0.2, 0) is 4.79 Å². The van der Waals surface area contributed by atoms with Crippen LogP contribution in [0.3, 0.4) is 0 Å². The molecule has 1 saturated carbocycles. The van der Waals surface area contributed by atoms with E-state index in [0.717, 1.165) is 38.6 Å². The van der Waals surface area contributed by atoms with Crippen LogP contribution < -0.4 is 5.32 Å². The summed E-state index contributed by atoms with van der Waals surface area (Å²) in [6.45, 7) is 3.68. The Morgan fingerprint density at radius 2 is 1.82 bits per heavy atom. The number of amides is 3. The van der Waals surface area contributed by atoms with E-state index < -0.39 is 5.54 Å². The Balaban J connectivity index is 1.71. The second-order valence-electron chi connectivity index (χ2n) is 7.17. The van der Waals surface area contributed by atoms with Gasteiger partial charge in [-0.15, -0.1) is 0 Å². The maximum atomic E-state index is 12.9. The third-order valence-electron chi connectivity index (χ3n) is 5.75. The molecule has 5 nitrogen and oxygen atoms in total. The Morgan fingerprint density at radius 3 is 2.50 bits per heavy atom. The lowest BCUT2D eigenvalue weighted by molar-refractivity contribution is -0.133. The van der Waals surface area contributed by atoms with Crippen molar-refractivity contribution < 1.29 is 9.59 Å². The summed E-state index contributed by atoms with van der Waals surface area (Å²) in [6.07, 6.45) is 10.8. The molecular formula is C17H29N3O2. The Bertz CT molecular complexity index is 430. The van der Waals surface area contributed by atoms with Gasteiger partial charge in [-0.1, -0.05) is 39.0 Å². The van der Waals surface area contributed by atoms with Crippen LogP contribution in [0.15, 0.2) is 0 Å². The molecular weight excluding hydrogens is 278 g/mol. The molecule has 2 aliphatic heterocycles. The van der Waals surface area contributed by atoms with Crippen molar-refractivity contribution in [1.82, 2.24) is 15.1 Å². The summed E-state index contributed by atoms with van der Waals surface area (Å²) in [5, 5.41) is 3.04. The van der Waals surface area contributed by atoms with Crippen LogP contribution >= 0.6 is 0 Å². The number of piperidine rings is 1. The topological polar surface area (TPSA) is 52.6 Å². The van der Waals surface area contributed by atoms with Crippen molar-refractivity contribution in [3.8, 4) is 0 Å². The first-order valence-corrected chi connectivity index (χ1v) is 9.04. The smallest absolute Gasteiger partial charge is 0.323 e. The fraction of sp³-hybridized carbons (Fsp3) is 0.882. The zero-order valence-electron chi connectivity index (χ0n) is 13.8. The average Bonchev–Trinajstić information content (AvgIpc) is 2.71. The van der Waals surface area contributed by atoms with Gasteiger partial charge in [-0.2, -0.15) is 0 Å². The van der Waals surface area contributed by atoms with Crippen LogP contribution in [0.25, 0.3) is 0 Å². The zero-order valence-corrected chi connectivity index (χ0v) is 13.8. The second-order valence-corrected chi connectivity index (χ2v) is 7.17. The normalized spacial score (nSPS) is 29.7. The van der Waals surface area contributed by atoms with E-state index in [9.17, 15) is 9.59 Å². The van der Waals surface area contributed by atoms with Gasteiger partial charge in [0, 0.05) is 12.6 Å². The number of urea groups is 1. The molecule has 1 aliphatic carbocycles. The molecule has 3 rings (SSSR count). The fourth-order valence-electron chi connectivity index (χ4n) is 4.37. The number of carbonyl (C=O) groups is 2. The van der Waals surface area contributed by atoms with E-state index in [0.29, 0.717) is 12.7 Å². The van der Waals surface area contributed by atoms with Crippen molar-refractivity contribution in [3.63, 3.8) is 0 Å². The molecule has 3 aliphatic rings. The van der Waals surface area contributed by atoms with E-state index in [2.05, 4.69) is 17.1 Å². The van der Waals surface area contributed by atoms with Gasteiger partial charge >= 0.3 is 6.03 Å². The lowest BCUT2D eigenvalue weighted by Gasteiger charge is -2.37. The van der Waals surface area contributed by atoms with Gasteiger partial charge in [-0.25, -0.2) is 9.69 Å². The molecule has 3 amide bonds. The molecule has 22 heavy (non-hydrogen) atoms. The highest BCUT2D eigenvalue weighted by molar-refractivity contribution is 6.07. The van der Waals surface area contributed by atoms with Gasteiger partial charge in [-0.05, 0) is 32.1 Å². The number of carbonyl (C=O) groups excluding carboxylic acids is 2. The number of imide groups is 1. The highest BCUT2D eigenvalue weighted by atomic mass is 16.2. The Hall–Kier alpha value is -1.10. The lowest BCUT2D eigenvalue weighted by atomic mass is 9.90. The molecule has 124 valence electrons. The molecule has 1 spiro atoms. The van der Waals surface area contributed by atoms with Crippen molar-refractivity contribution in [2.75, 3.05) is 13.2 Å². The Labute approximate surface area is 133 Å². The van der Waals surface area contributed by atoms with Crippen LogP contribution in [0.4, 0.5) is 4.79 Å². The summed E-state index contributed by atoms with van der Waals surface area (Å²) in [7, 11) is 0. The van der Waals surface area contributed by atoms with E-state index in [4.69, 9.17) is 0 Å². The van der Waals surface area contributed by atoms with Gasteiger partial charge in [0.25, 0.3) is 5.91 Å². The number of rotatable bonds is 3. The standard InChI is InChI=1S/C17H29N3O2/c1-2-14-9-5-8-12-19(14)13-20-15(21)17(18-16(20)22)10-6-3-4-7-11-17/h14H,2-13H2,1H3,(H,18,22)/t14-/m0/s1. The molecule has 0 unspecified atom stereocenters. The molecule has 0 bridgehead atoms. The number of nitrogens with one attached hydrogen (secondary N) is 1. The third-order valence-corrected chi connectivity index (χ3v) is 5.75. The summed E-state index contributed by atoms with van der Waals surface area (Å²) < 4.78 is 0. The van der Waals surface area contributed by atoms with Gasteiger partial charge in [0.15, 0.2) is 0 Å². The van der Waals surface area contributed by atoms with E-state index in [-0.39, 0.29) is 11.9 Å². The molecule has 0 aromatic rings. The van der Waals surface area contributed by atoms with E-state index in [1.54, 1.807) is 0 Å². The van der Waals surface area contributed by atoms with Gasteiger partial charge in [-0.3, -0.25) is 9.69 Å². The molecule has 1 N–H and O–H groups in total. The number of hydrogen-bond donors (Lipinski definition) is 1. The SMILES string of the molecule is CC[C@H]1CCCCN1CN1C(=O)NC2(CCCCCC2)C1=O. The van der Waals surface area contributed by atoms with Crippen molar-refractivity contribution in [3.05, 3.63) is 0 Å². The molecule has 2 saturated heterocycles. The quantitative estimate of drug-likeness (QED) is 0.816. The highest BCUT2D eigenvalue weighted by Gasteiger charge is 2.51. The van der Waals surface area contributed by atoms with Crippen molar-refractivity contribution >= 4 is 11.9 Å². The Morgan fingerprint density at radius 1 is 1.09 bits per heavy atom. The first-order chi connectivity index (χ1) is 10.7. The van der Waals surface area contributed by atoms with E-state index in [1.807, 2.05) is 0 Å². The van der Waals surface area contributed by atoms with Crippen molar-refractivity contribution in [1.29, 1.82) is 0 Å². The summed E-state index contributed by atoms with van der Waals surface area (Å²) >= 11 is 0. The van der Waals surface area contributed by atoms with Gasteiger partial charge in [0.1, 0.15) is 5.54 Å². The predicted molar refractivity (Wildman–Crippen MR) is 85.3 cm³/mol. The summed E-state index contributed by atoms with van der Waals surface area (Å²) in [5.74, 6) is 0.0276. The van der Waals surface area contributed by atoms with Crippen LogP contribution in [0.1, 0.15) is 71.1 Å². The summed E-state index contributed by atoms with van der Waals surface area (Å²) in [4.78, 5) is 29.2. The van der Waals surface area contributed by atoms with Crippen LogP contribution in [0.2, 0.25) is 0 Å². The van der Waals surface area contributed by atoms with Crippen molar-refractivity contribution in [2.45, 2.75) is 82.7 Å². The van der Waals surface area contributed by atoms with Gasteiger partial charge in [0.05, 0.1) is 6.67 Å². The minimum atomic E-state index is -0.592. The molecule has 5 heteroatoms. The van der Waals surface area contributed by atoms with Crippen LogP contribution in [0, 0.1) is 0 Å². The summed E-state index contributed by atoms with van der Waals surface area (Å²) in [5.41, 5.74) is -0.592. The predicted octanol–water partition coefficient (Wildman–Crippen LogP) is 2.85.